The van der Waals surface area contributed by atoms with Gasteiger partial charge in [0.1, 0.15) is 0 Å². The maximum atomic E-state index is 10.7. The van der Waals surface area contributed by atoms with Crippen LogP contribution in [-0.2, 0) is 11.3 Å². The summed E-state index contributed by atoms with van der Waals surface area (Å²) < 4.78 is 0. The number of aliphatic carboxylic acids is 1. The van der Waals surface area contributed by atoms with E-state index in [0.717, 1.165) is 22.7 Å². The summed E-state index contributed by atoms with van der Waals surface area (Å²) in [6, 6.07) is 6.62. The summed E-state index contributed by atoms with van der Waals surface area (Å²) in [4.78, 5) is 12.9. The molecule has 1 aliphatic carbocycles. The molecule has 98 valence electrons. The number of carbonyl (C=O) groups is 1. The summed E-state index contributed by atoms with van der Waals surface area (Å²) in [7, 11) is 0. The third kappa shape index (κ3) is 3.72. The molecule has 4 heteroatoms. The predicted molar refractivity (Wildman–Crippen MR) is 71.9 cm³/mol. The maximum absolute atomic E-state index is 10.7. The molecular formula is C14H18ClNO2. The molecule has 0 atom stereocenters. The molecule has 1 aromatic carbocycles. The Kier molecular flexibility index (Phi) is 4.25. The fraction of sp³-hybridized carbons (Fsp3) is 0.500. The highest BCUT2D eigenvalue weighted by Gasteiger charge is 2.29. The first kappa shape index (κ1) is 13.4. The Morgan fingerprint density at radius 3 is 2.78 bits per heavy atom. The smallest absolute Gasteiger partial charge is 0.304 e. The van der Waals surface area contributed by atoms with Crippen LogP contribution in [0.5, 0.6) is 0 Å². The van der Waals surface area contributed by atoms with Crippen molar-refractivity contribution in [3.63, 3.8) is 0 Å². The van der Waals surface area contributed by atoms with Crippen molar-refractivity contribution in [1.82, 2.24) is 4.90 Å². The number of carboxylic acid groups (broad SMARTS) is 1. The second-order valence-electron chi connectivity index (χ2n) is 4.93. The van der Waals surface area contributed by atoms with E-state index in [4.69, 9.17) is 16.7 Å². The normalized spacial score (nSPS) is 15.1. The van der Waals surface area contributed by atoms with Crippen molar-refractivity contribution in [1.29, 1.82) is 0 Å². The van der Waals surface area contributed by atoms with Crippen LogP contribution >= 0.6 is 11.6 Å². The van der Waals surface area contributed by atoms with Gasteiger partial charge in [-0.2, -0.15) is 0 Å². The topological polar surface area (TPSA) is 40.5 Å². The highest BCUT2D eigenvalue weighted by atomic mass is 35.5. The van der Waals surface area contributed by atoms with Crippen LogP contribution in [0.4, 0.5) is 0 Å². The van der Waals surface area contributed by atoms with Crippen LogP contribution in [0.15, 0.2) is 18.2 Å². The first-order valence-corrected chi connectivity index (χ1v) is 6.65. The van der Waals surface area contributed by atoms with Crippen LogP contribution in [0.1, 0.15) is 30.4 Å². The minimum Gasteiger partial charge on any atom is -0.481 e. The lowest BCUT2D eigenvalue weighted by molar-refractivity contribution is -0.137. The molecule has 0 amide bonds. The molecule has 0 heterocycles. The van der Waals surface area contributed by atoms with Gasteiger partial charge in [-0.05, 0) is 37.0 Å². The summed E-state index contributed by atoms with van der Waals surface area (Å²) in [6.07, 6.45) is 2.56. The van der Waals surface area contributed by atoms with Crippen molar-refractivity contribution in [2.45, 2.75) is 38.8 Å². The van der Waals surface area contributed by atoms with Gasteiger partial charge in [0.15, 0.2) is 0 Å². The molecule has 3 nitrogen and oxygen atoms in total. The molecule has 1 saturated carbocycles. The van der Waals surface area contributed by atoms with Crippen molar-refractivity contribution in [2.75, 3.05) is 6.54 Å². The molecule has 0 bridgehead atoms. The number of benzene rings is 1. The lowest BCUT2D eigenvalue weighted by atomic mass is 10.1. The largest absolute Gasteiger partial charge is 0.481 e. The number of nitrogens with zero attached hydrogens (tertiary/aromatic N) is 1. The second kappa shape index (κ2) is 5.72. The fourth-order valence-electron chi connectivity index (χ4n) is 2.04. The first-order chi connectivity index (χ1) is 8.56. The zero-order valence-electron chi connectivity index (χ0n) is 10.5. The third-order valence-corrected chi connectivity index (χ3v) is 3.71. The molecule has 1 fully saturated rings. The second-order valence-corrected chi connectivity index (χ2v) is 5.34. The molecule has 0 aliphatic heterocycles. The summed E-state index contributed by atoms with van der Waals surface area (Å²) in [6.45, 7) is 3.39. The van der Waals surface area contributed by atoms with Crippen LogP contribution in [-0.4, -0.2) is 28.6 Å². The molecule has 1 aliphatic rings. The first-order valence-electron chi connectivity index (χ1n) is 6.27. The van der Waals surface area contributed by atoms with Crippen molar-refractivity contribution in [2.24, 2.45) is 0 Å². The van der Waals surface area contributed by atoms with E-state index in [1.165, 1.54) is 12.8 Å². The minimum absolute atomic E-state index is 0.204. The lowest BCUT2D eigenvalue weighted by Crippen LogP contribution is -2.28. The Bertz CT molecular complexity index is 443. The minimum atomic E-state index is -0.734. The number of carboxylic acids is 1. The quantitative estimate of drug-likeness (QED) is 0.861. The number of hydrogen-bond donors (Lipinski definition) is 1. The molecule has 0 radical (unpaired) electrons. The van der Waals surface area contributed by atoms with E-state index in [1.807, 2.05) is 19.1 Å². The van der Waals surface area contributed by atoms with E-state index in [2.05, 4.69) is 11.0 Å². The van der Waals surface area contributed by atoms with Gasteiger partial charge in [0.05, 0.1) is 6.42 Å². The molecule has 1 N–H and O–H groups in total. The Morgan fingerprint density at radius 2 is 2.22 bits per heavy atom. The van der Waals surface area contributed by atoms with Gasteiger partial charge in [0.2, 0.25) is 0 Å². The van der Waals surface area contributed by atoms with Crippen LogP contribution < -0.4 is 0 Å². The number of hydrogen-bond acceptors (Lipinski definition) is 2. The molecule has 0 saturated heterocycles. The Hall–Kier alpha value is -1.06. The fourth-order valence-corrected chi connectivity index (χ4v) is 2.24. The Labute approximate surface area is 112 Å². The van der Waals surface area contributed by atoms with E-state index < -0.39 is 5.97 Å². The van der Waals surface area contributed by atoms with Crippen molar-refractivity contribution >= 4 is 17.6 Å². The number of aryl methyl sites for hydroxylation is 1. The Morgan fingerprint density at radius 1 is 1.50 bits per heavy atom. The monoisotopic (exact) mass is 267 g/mol. The molecule has 0 aromatic heterocycles. The number of halogens is 1. The van der Waals surface area contributed by atoms with Gasteiger partial charge in [-0.25, -0.2) is 0 Å². The molecule has 0 spiro atoms. The zero-order valence-corrected chi connectivity index (χ0v) is 11.3. The maximum Gasteiger partial charge on any atom is 0.304 e. The molecule has 0 unspecified atom stereocenters. The molecule has 2 rings (SSSR count). The van der Waals surface area contributed by atoms with Gasteiger partial charge in [0.25, 0.3) is 0 Å². The van der Waals surface area contributed by atoms with E-state index in [9.17, 15) is 4.79 Å². The zero-order chi connectivity index (χ0) is 13.1. The van der Waals surface area contributed by atoms with E-state index in [1.54, 1.807) is 0 Å². The van der Waals surface area contributed by atoms with Crippen molar-refractivity contribution in [3.8, 4) is 0 Å². The Balaban J connectivity index is 1.99. The van der Waals surface area contributed by atoms with E-state index in [0.29, 0.717) is 12.6 Å². The van der Waals surface area contributed by atoms with Gasteiger partial charge in [-0.3, -0.25) is 9.69 Å². The summed E-state index contributed by atoms with van der Waals surface area (Å²) in [5, 5.41) is 9.54. The highest BCUT2D eigenvalue weighted by Crippen LogP contribution is 2.29. The average Bonchev–Trinajstić information content (AvgIpc) is 3.13. The van der Waals surface area contributed by atoms with E-state index in [-0.39, 0.29) is 6.42 Å². The lowest BCUT2D eigenvalue weighted by Gasteiger charge is -2.21. The van der Waals surface area contributed by atoms with Gasteiger partial charge in [-0.15, -0.1) is 0 Å². The van der Waals surface area contributed by atoms with Crippen molar-refractivity contribution < 1.29 is 9.90 Å². The molecule has 18 heavy (non-hydrogen) atoms. The van der Waals surface area contributed by atoms with Crippen LogP contribution in [0.2, 0.25) is 5.02 Å². The summed E-state index contributed by atoms with van der Waals surface area (Å²) >= 11 is 6.11. The third-order valence-electron chi connectivity index (χ3n) is 3.30. The van der Waals surface area contributed by atoms with Gasteiger partial charge < -0.3 is 5.11 Å². The van der Waals surface area contributed by atoms with Gasteiger partial charge >= 0.3 is 5.97 Å². The SMILES string of the molecule is Cc1ccc(CN(CCC(=O)O)C2CC2)cc1Cl. The van der Waals surface area contributed by atoms with Crippen LogP contribution in [0, 0.1) is 6.92 Å². The summed E-state index contributed by atoms with van der Waals surface area (Å²) in [5.74, 6) is -0.734. The van der Waals surface area contributed by atoms with Gasteiger partial charge in [-0.1, -0.05) is 23.7 Å². The predicted octanol–water partition coefficient (Wildman–Crippen LogP) is 3.09. The van der Waals surface area contributed by atoms with Crippen LogP contribution in [0.3, 0.4) is 0 Å². The number of rotatable bonds is 6. The summed E-state index contributed by atoms with van der Waals surface area (Å²) in [5.41, 5.74) is 2.23. The average molecular weight is 268 g/mol. The standard InChI is InChI=1S/C14H18ClNO2/c1-10-2-3-11(8-13(10)15)9-16(12-4-5-12)7-6-14(17)18/h2-3,8,12H,4-7,9H2,1H3,(H,17,18). The van der Waals surface area contributed by atoms with Crippen LogP contribution in [0.25, 0.3) is 0 Å². The molecule has 1 aromatic rings. The molecular weight excluding hydrogens is 250 g/mol. The van der Waals surface area contributed by atoms with Crippen molar-refractivity contribution in [3.05, 3.63) is 34.3 Å². The highest BCUT2D eigenvalue weighted by molar-refractivity contribution is 6.31. The van der Waals surface area contributed by atoms with E-state index >= 15 is 0 Å². The van der Waals surface area contributed by atoms with Gasteiger partial charge in [0, 0.05) is 24.2 Å².